The van der Waals surface area contributed by atoms with Gasteiger partial charge < -0.3 is 24.2 Å². The number of benzene rings is 3. The third-order valence-electron chi connectivity index (χ3n) is 7.56. The monoisotopic (exact) mass is 570 g/mol. The normalized spacial score (nSPS) is 18.8. The number of ketones is 1. The van der Waals surface area contributed by atoms with E-state index in [0.29, 0.717) is 56.5 Å². The number of likely N-dealkylation sites (tertiary alicyclic amines) is 1. The summed E-state index contributed by atoms with van der Waals surface area (Å²) in [5.41, 5.74) is 2.34. The van der Waals surface area contributed by atoms with Crippen LogP contribution >= 0.6 is 0 Å². The van der Waals surface area contributed by atoms with Crippen LogP contribution in [0.4, 0.5) is 0 Å². The first-order chi connectivity index (χ1) is 20.5. The van der Waals surface area contributed by atoms with Gasteiger partial charge in [0.15, 0.2) is 0 Å². The Balaban J connectivity index is 1.40. The van der Waals surface area contributed by atoms with Crippen molar-refractivity contribution < 1.29 is 28.9 Å². The summed E-state index contributed by atoms with van der Waals surface area (Å²) in [5, 5.41) is 11.4. The minimum absolute atomic E-state index is 0.0894. The number of hydrogen-bond acceptors (Lipinski definition) is 7. The first-order valence-electron chi connectivity index (χ1n) is 14.6. The third-order valence-corrected chi connectivity index (χ3v) is 7.56. The Hall–Kier alpha value is -4.14. The van der Waals surface area contributed by atoms with Crippen LogP contribution in [0.25, 0.3) is 5.76 Å². The molecule has 2 fully saturated rings. The molecule has 1 unspecified atom stereocenters. The average Bonchev–Trinajstić information content (AvgIpc) is 3.29. The highest BCUT2D eigenvalue weighted by Gasteiger charge is 2.45. The number of rotatable bonds is 12. The lowest BCUT2D eigenvalue weighted by atomic mass is 9.95. The number of Topliss-reactive ketones (excluding diaryl/α,β-unsaturated/α-hetero) is 1. The van der Waals surface area contributed by atoms with Crippen LogP contribution < -0.4 is 9.47 Å². The first kappa shape index (κ1) is 29.4. The van der Waals surface area contributed by atoms with Crippen LogP contribution in [0.3, 0.4) is 0 Å². The maximum atomic E-state index is 13.4. The molecule has 0 bridgehead atoms. The molecule has 2 aliphatic heterocycles. The van der Waals surface area contributed by atoms with E-state index in [1.807, 2.05) is 61.5 Å². The van der Waals surface area contributed by atoms with Crippen LogP contribution in [0.5, 0.6) is 11.5 Å². The minimum atomic E-state index is -0.714. The molecule has 1 amide bonds. The van der Waals surface area contributed by atoms with E-state index in [9.17, 15) is 14.7 Å². The summed E-state index contributed by atoms with van der Waals surface area (Å²) in [6, 6.07) is 23.5. The van der Waals surface area contributed by atoms with Crippen molar-refractivity contribution in [2.45, 2.75) is 32.4 Å². The zero-order valence-electron chi connectivity index (χ0n) is 24.0. The lowest BCUT2D eigenvalue weighted by Crippen LogP contribution is -2.38. The molecule has 0 saturated carbocycles. The van der Waals surface area contributed by atoms with Crippen LogP contribution in [0.2, 0.25) is 0 Å². The second-order valence-electron chi connectivity index (χ2n) is 10.5. The molecule has 1 N–H and O–H groups in total. The molecule has 3 aromatic carbocycles. The molecule has 2 aliphatic rings. The number of amides is 1. The third kappa shape index (κ3) is 7.01. The molecule has 5 rings (SSSR count). The summed E-state index contributed by atoms with van der Waals surface area (Å²) in [6.45, 7) is 7.34. The zero-order valence-corrected chi connectivity index (χ0v) is 24.0. The van der Waals surface area contributed by atoms with Crippen LogP contribution in [-0.4, -0.2) is 72.6 Å². The van der Waals surface area contributed by atoms with Gasteiger partial charge in [-0.2, -0.15) is 0 Å². The van der Waals surface area contributed by atoms with Crippen molar-refractivity contribution >= 4 is 17.4 Å². The Bertz CT molecular complexity index is 1370. The second kappa shape index (κ2) is 14.2. The molecule has 0 aliphatic carbocycles. The van der Waals surface area contributed by atoms with Gasteiger partial charge in [0, 0.05) is 31.7 Å². The molecule has 8 heteroatoms. The fraction of sp³-hybridized carbons (Fsp3) is 0.353. The van der Waals surface area contributed by atoms with Gasteiger partial charge in [-0.3, -0.25) is 14.5 Å². The zero-order chi connectivity index (χ0) is 29.3. The number of carbonyl (C=O) groups excluding carboxylic acids is 2. The number of hydrogen-bond donors (Lipinski definition) is 1. The largest absolute Gasteiger partial charge is 0.507 e. The first-order valence-corrected chi connectivity index (χ1v) is 14.6. The van der Waals surface area contributed by atoms with Gasteiger partial charge in [0.2, 0.25) is 0 Å². The van der Waals surface area contributed by atoms with Gasteiger partial charge in [-0.1, -0.05) is 49.4 Å². The number of nitrogens with zero attached hydrogens (tertiary/aromatic N) is 2. The van der Waals surface area contributed by atoms with Crippen LogP contribution in [-0.2, 0) is 20.9 Å². The fourth-order valence-corrected chi connectivity index (χ4v) is 5.32. The molecule has 1 atom stereocenters. The second-order valence-corrected chi connectivity index (χ2v) is 10.5. The van der Waals surface area contributed by atoms with Gasteiger partial charge in [0.25, 0.3) is 11.7 Å². The minimum Gasteiger partial charge on any atom is -0.507 e. The number of carbonyl (C=O) groups is 2. The van der Waals surface area contributed by atoms with Crippen molar-refractivity contribution in [1.29, 1.82) is 0 Å². The quantitative estimate of drug-likeness (QED) is 0.182. The molecule has 0 aromatic heterocycles. The predicted octanol–water partition coefficient (Wildman–Crippen LogP) is 5.20. The molecular weight excluding hydrogens is 532 g/mol. The lowest BCUT2D eigenvalue weighted by molar-refractivity contribution is -0.140. The van der Waals surface area contributed by atoms with Crippen LogP contribution in [0, 0.1) is 0 Å². The van der Waals surface area contributed by atoms with E-state index in [2.05, 4.69) is 4.90 Å². The maximum Gasteiger partial charge on any atom is 0.295 e. The molecular formula is C34H38N2O6. The number of aliphatic hydroxyl groups excluding tert-OH is 1. The van der Waals surface area contributed by atoms with E-state index in [0.717, 1.165) is 37.2 Å². The molecule has 2 heterocycles. The van der Waals surface area contributed by atoms with Crippen LogP contribution in [0.15, 0.2) is 84.4 Å². The topological polar surface area (TPSA) is 88.5 Å². The maximum absolute atomic E-state index is 13.4. The van der Waals surface area contributed by atoms with Crippen molar-refractivity contribution in [3.05, 3.63) is 101 Å². The van der Waals surface area contributed by atoms with Gasteiger partial charge >= 0.3 is 0 Å². The highest BCUT2D eigenvalue weighted by Crippen LogP contribution is 2.40. The van der Waals surface area contributed by atoms with E-state index in [4.69, 9.17) is 14.2 Å². The predicted molar refractivity (Wildman–Crippen MR) is 160 cm³/mol. The molecule has 2 saturated heterocycles. The SMILES string of the molecule is CCCOc1ccc(/C(O)=C2\C(=O)C(=O)N(CCCN3CCOCC3)C2c2ccc(OCc3ccccc3)cc2)cc1. The molecule has 0 spiro atoms. The van der Waals surface area contributed by atoms with Crippen LogP contribution in [0.1, 0.15) is 42.5 Å². The van der Waals surface area contributed by atoms with Crippen molar-refractivity contribution in [2.24, 2.45) is 0 Å². The Morgan fingerprint density at radius 3 is 2.24 bits per heavy atom. The van der Waals surface area contributed by atoms with E-state index >= 15 is 0 Å². The van der Waals surface area contributed by atoms with Gasteiger partial charge in [-0.25, -0.2) is 0 Å². The fourth-order valence-electron chi connectivity index (χ4n) is 5.32. The van der Waals surface area contributed by atoms with E-state index in [1.54, 1.807) is 29.2 Å². The van der Waals surface area contributed by atoms with Gasteiger partial charge in [-0.05, 0) is 60.4 Å². The molecule has 0 radical (unpaired) electrons. The van der Waals surface area contributed by atoms with Gasteiger partial charge in [-0.15, -0.1) is 0 Å². The Morgan fingerprint density at radius 1 is 0.881 bits per heavy atom. The van der Waals surface area contributed by atoms with Crippen molar-refractivity contribution in [3.63, 3.8) is 0 Å². The smallest absolute Gasteiger partial charge is 0.295 e. The summed E-state index contributed by atoms with van der Waals surface area (Å²) in [5.74, 6) is -0.120. The van der Waals surface area contributed by atoms with Crippen molar-refractivity contribution in [2.75, 3.05) is 46.0 Å². The summed E-state index contributed by atoms with van der Waals surface area (Å²) < 4.78 is 17.1. The molecule has 220 valence electrons. The highest BCUT2D eigenvalue weighted by molar-refractivity contribution is 6.46. The standard InChI is InChI=1S/C34H38N2O6/c1-2-21-41-28-15-11-27(12-16-28)32(37)30-31(26-9-13-29(14-10-26)42-24-25-7-4-3-5-8-25)36(34(39)33(30)38)18-6-17-35-19-22-40-23-20-35/h3-5,7-16,31,37H,2,6,17-24H2,1H3/b32-30+. The van der Waals surface area contributed by atoms with E-state index in [1.165, 1.54) is 0 Å². The number of morpholine rings is 1. The number of aliphatic hydroxyl groups is 1. The highest BCUT2D eigenvalue weighted by atomic mass is 16.5. The average molecular weight is 571 g/mol. The molecule has 8 nitrogen and oxygen atoms in total. The van der Waals surface area contributed by atoms with Gasteiger partial charge in [0.05, 0.1) is 31.4 Å². The number of ether oxygens (including phenoxy) is 3. The summed E-state index contributed by atoms with van der Waals surface area (Å²) >= 11 is 0. The van der Waals surface area contributed by atoms with Gasteiger partial charge in [0.1, 0.15) is 23.9 Å². The van der Waals surface area contributed by atoms with E-state index < -0.39 is 17.7 Å². The van der Waals surface area contributed by atoms with Crippen molar-refractivity contribution in [3.8, 4) is 11.5 Å². The molecule has 3 aromatic rings. The summed E-state index contributed by atoms with van der Waals surface area (Å²) in [6.07, 6.45) is 1.58. The molecule has 42 heavy (non-hydrogen) atoms. The Kier molecular flexibility index (Phi) is 9.90. The lowest BCUT2D eigenvalue weighted by Gasteiger charge is -2.29. The Morgan fingerprint density at radius 2 is 1.55 bits per heavy atom. The van der Waals surface area contributed by atoms with E-state index in [-0.39, 0.29) is 11.3 Å². The Labute approximate surface area is 247 Å². The summed E-state index contributed by atoms with van der Waals surface area (Å²) in [7, 11) is 0. The van der Waals surface area contributed by atoms with Crippen molar-refractivity contribution in [1.82, 2.24) is 9.80 Å². The summed E-state index contributed by atoms with van der Waals surface area (Å²) in [4.78, 5) is 30.7.